The van der Waals surface area contributed by atoms with Crippen LogP contribution in [0.2, 0.25) is 0 Å². The van der Waals surface area contributed by atoms with Crippen LogP contribution >= 0.6 is 0 Å². The van der Waals surface area contributed by atoms with Gasteiger partial charge < -0.3 is 9.47 Å². The molecule has 172 valence electrons. The third kappa shape index (κ3) is 5.32. The van der Waals surface area contributed by atoms with Gasteiger partial charge in [0.1, 0.15) is 17.9 Å². The van der Waals surface area contributed by atoms with E-state index in [2.05, 4.69) is 0 Å². The SMILES string of the molecule is CC(=O)Oc1cc(CS(=O)(=O)c2cccc3ccccc23)ccc1C(=O)OCc1ccccc1. The molecule has 4 aromatic carbocycles. The lowest BCUT2D eigenvalue weighted by Crippen LogP contribution is -2.12. The van der Waals surface area contributed by atoms with E-state index >= 15 is 0 Å². The predicted molar refractivity (Wildman–Crippen MR) is 128 cm³/mol. The lowest BCUT2D eigenvalue weighted by Gasteiger charge is -2.12. The van der Waals surface area contributed by atoms with E-state index in [4.69, 9.17) is 9.47 Å². The molecule has 0 aromatic heterocycles. The summed E-state index contributed by atoms with van der Waals surface area (Å²) in [5.41, 5.74) is 1.23. The molecule has 0 N–H and O–H groups in total. The Morgan fingerprint density at radius 2 is 1.50 bits per heavy atom. The molecule has 0 aliphatic heterocycles. The number of ether oxygens (including phenoxy) is 2. The van der Waals surface area contributed by atoms with Gasteiger partial charge in [0.05, 0.1) is 10.6 Å². The monoisotopic (exact) mass is 474 g/mol. The molecule has 34 heavy (non-hydrogen) atoms. The van der Waals surface area contributed by atoms with Crippen molar-refractivity contribution in [1.82, 2.24) is 0 Å². The Hall–Kier alpha value is -3.97. The summed E-state index contributed by atoms with van der Waals surface area (Å²) in [5.74, 6) is -1.68. The quantitative estimate of drug-likeness (QED) is 0.274. The lowest BCUT2D eigenvalue weighted by atomic mass is 10.1. The Balaban J connectivity index is 1.61. The Morgan fingerprint density at radius 1 is 0.794 bits per heavy atom. The fourth-order valence-corrected chi connectivity index (χ4v) is 5.21. The van der Waals surface area contributed by atoms with Crippen LogP contribution in [-0.4, -0.2) is 20.4 Å². The average molecular weight is 475 g/mol. The number of rotatable bonds is 7. The third-order valence-electron chi connectivity index (χ3n) is 5.17. The predicted octanol–water partition coefficient (Wildman–Crippen LogP) is 5.10. The molecule has 0 spiro atoms. The molecule has 0 saturated heterocycles. The maximum absolute atomic E-state index is 13.2. The third-order valence-corrected chi connectivity index (χ3v) is 6.91. The lowest BCUT2D eigenvalue weighted by molar-refractivity contribution is -0.131. The van der Waals surface area contributed by atoms with E-state index < -0.39 is 21.8 Å². The summed E-state index contributed by atoms with van der Waals surface area (Å²) in [5, 5.41) is 1.45. The fraction of sp³-hybridized carbons (Fsp3) is 0.111. The maximum Gasteiger partial charge on any atom is 0.342 e. The minimum absolute atomic E-state index is 0.0393. The Labute approximate surface area is 197 Å². The van der Waals surface area contributed by atoms with Gasteiger partial charge in [-0.25, -0.2) is 13.2 Å². The van der Waals surface area contributed by atoms with Crippen molar-refractivity contribution in [3.05, 3.63) is 108 Å². The van der Waals surface area contributed by atoms with Crippen LogP contribution in [-0.2, 0) is 31.7 Å². The molecule has 6 nitrogen and oxygen atoms in total. The van der Waals surface area contributed by atoms with Crippen LogP contribution in [0.15, 0.2) is 95.9 Å². The summed E-state index contributed by atoms with van der Waals surface area (Å²) in [4.78, 5) is 24.5. The van der Waals surface area contributed by atoms with Crippen molar-refractivity contribution in [3.63, 3.8) is 0 Å². The molecule has 0 unspecified atom stereocenters. The molecule has 0 fully saturated rings. The highest BCUT2D eigenvalue weighted by atomic mass is 32.2. The van der Waals surface area contributed by atoms with Gasteiger partial charge in [-0.3, -0.25) is 4.79 Å². The average Bonchev–Trinajstić information content (AvgIpc) is 2.82. The van der Waals surface area contributed by atoms with Crippen LogP contribution in [0.1, 0.15) is 28.4 Å². The van der Waals surface area contributed by atoms with Crippen molar-refractivity contribution < 1.29 is 27.5 Å². The molecule has 0 heterocycles. The number of esters is 2. The van der Waals surface area contributed by atoms with Gasteiger partial charge in [-0.15, -0.1) is 0 Å². The van der Waals surface area contributed by atoms with Gasteiger partial charge >= 0.3 is 11.9 Å². The molecule has 4 rings (SSSR count). The molecule has 0 amide bonds. The summed E-state index contributed by atoms with van der Waals surface area (Å²) in [7, 11) is -3.72. The Kier molecular flexibility index (Phi) is 6.75. The molecule has 0 bridgehead atoms. The molecular weight excluding hydrogens is 452 g/mol. The number of sulfone groups is 1. The van der Waals surface area contributed by atoms with E-state index in [1.54, 1.807) is 24.3 Å². The smallest absolute Gasteiger partial charge is 0.342 e. The van der Waals surface area contributed by atoms with Crippen molar-refractivity contribution in [2.24, 2.45) is 0 Å². The summed E-state index contributed by atoms with van der Waals surface area (Å²) in [6.45, 7) is 1.26. The number of carbonyl (C=O) groups is 2. The van der Waals surface area contributed by atoms with Gasteiger partial charge in [0.15, 0.2) is 9.84 Å². The Morgan fingerprint density at radius 3 is 2.26 bits per heavy atom. The van der Waals surface area contributed by atoms with Crippen molar-refractivity contribution in [1.29, 1.82) is 0 Å². The number of fused-ring (bicyclic) bond motifs is 1. The molecule has 7 heteroatoms. The number of benzene rings is 4. The van der Waals surface area contributed by atoms with Crippen LogP contribution < -0.4 is 4.74 Å². The van der Waals surface area contributed by atoms with Crippen molar-refractivity contribution in [3.8, 4) is 5.75 Å². The maximum atomic E-state index is 13.2. The zero-order chi connectivity index (χ0) is 24.1. The van der Waals surface area contributed by atoms with E-state index in [0.717, 1.165) is 10.9 Å². The topological polar surface area (TPSA) is 86.7 Å². The number of hydrogen-bond acceptors (Lipinski definition) is 6. The first-order valence-corrected chi connectivity index (χ1v) is 12.2. The van der Waals surface area contributed by atoms with E-state index in [9.17, 15) is 18.0 Å². The van der Waals surface area contributed by atoms with Gasteiger partial charge in [-0.1, -0.05) is 72.8 Å². The highest BCUT2D eigenvalue weighted by Gasteiger charge is 2.21. The van der Waals surface area contributed by atoms with Gasteiger partial charge in [0.25, 0.3) is 0 Å². The van der Waals surface area contributed by atoms with Gasteiger partial charge in [-0.05, 0) is 34.7 Å². The highest BCUT2D eigenvalue weighted by molar-refractivity contribution is 7.90. The van der Waals surface area contributed by atoms with E-state index in [0.29, 0.717) is 10.9 Å². The second-order valence-electron chi connectivity index (χ2n) is 7.72. The van der Waals surface area contributed by atoms with E-state index in [-0.39, 0.29) is 28.6 Å². The van der Waals surface area contributed by atoms with E-state index in [1.165, 1.54) is 25.1 Å². The number of hydrogen-bond donors (Lipinski definition) is 0. The largest absolute Gasteiger partial charge is 0.457 e. The molecule has 4 aromatic rings. The van der Waals surface area contributed by atoms with Crippen LogP contribution in [0.3, 0.4) is 0 Å². The summed E-state index contributed by atoms with van der Waals surface area (Å²) >= 11 is 0. The summed E-state index contributed by atoms with van der Waals surface area (Å²) < 4.78 is 37.0. The molecule has 0 saturated carbocycles. The molecule has 0 aliphatic rings. The summed E-state index contributed by atoms with van der Waals surface area (Å²) in [6.07, 6.45) is 0. The second-order valence-corrected chi connectivity index (χ2v) is 9.68. The zero-order valence-corrected chi connectivity index (χ0v) is 19.2. The second kappa shape index (κ2) is 9.89. The van der Waals surface area contributed by atoms with Gasteiger partial charge in [0, 0.05) is 12.3 Å². The number of carbonyl (C=O) groups excluding carboxylic acids is 2. The van der Waals surface area contributed by atoms with Crippen LogP contribution in [0.25, 0.3) is 10.8 Å². The molecule has 0 radical (unpaired) electrons. The van der Waals surface area contributed by atoms with Crippen LogP contribution in [0.4, 0.5) is 0 Å². The minimum atomic E-state index is -3.72. The molecular formula is C27H22O6S. The fourth-order valence-electron chi connectivity index (χ4n) is 3.63. The van der Waals surface area contributed by atoms with Gasteiger partial charge in [-0.2, -0.15) is 0 Å². The first kappa shape index (κ1) is 23.2. The normalized spacial score (nSPS) is 11.2. The van der Waals surface area contributed by atoms with Crippen LogP contribution in [0.5, 0.6) is 5.75 Å². The van der Waals surface area contributed by atoms with Crippen molar-refractivity contribution in [2.45, 2.75) is 24.2 Å². The van der Waals surface area contributed by atoms with Crippen molar-refractivity contribution in [2.75, 3.05) is 0 Å². The highest BCUT2D eigenvalue weighted by Crippen LogP contribution is 2.28. The Bertz CT molecular complexity index is 1450. The van der Waals surface area contributed by atoms with Crippen LogP contribution in [0, 0.1) is 0 Å². The molecule has 0 aliphatic carbocycles. The van der Waals surface area contributed by atoms with E-state index in [1.807, 2.05) is 48.5 Å². The summed E-state index contributed by atoms with van der Waals surface area (Å²) in [6, 6.07) is 25.9. The molecule has 0 atom stereocenters. The van der Waals surface area contributed by atoms with Gasteiger partial charge in [0.2, 0.25) is 0 Å². The zero-order valence-electron chi connectivity index (χ0n) is 18.4. The first-order valence-electron chi connectivity index (χ1n) is 10.6. The standard InChI is InChI=1S/C27H22O6S/c1-19(28)33-25-16-21(14-15-24(25)27(29)32-17-20-8-3-2-4-9-20)18-34(30,31)26-13-7-11-22-10-5-6-12-23(22)26/h2-16H,17-18H2,1H3. The first-order chi connectivity index (χ1) is 16.3. The van der Waals surface area contributed by atoms with Crippen molar-refractivity contribution >= 4 is 32.5 Å². The minimum Gasteiger partial charge on any atom is -0.457 e.